The molecule has 0 bridgehead atoms. The number of hydrogen-bond donors (Lipinski definition) is 2. The van der Waals surface area contributed by atoms with Gasteiger partial charge in [-0.15, -0.1) is 0 Å². The first-order valence-corrected chi connectivity index (χ1v) is 8.08. The highest BCUT2D eigenvalue weighted by Crippen LogP contribution is 2.35. The second-order valence-electron chi connectivity index (χ2n) is 5.81. The average Bonchev–Trinajstić information content (AvgIpc) is 2.62. The normalized spacial score (nSPS) is 11.2. The molecule has 1 aromatic heterocycles. The van der Waals surface area contributed by atoms with E-state index in [9.17, 15) is 22.4 Å². The summed E-state index contributed by atoms with van der Waals surface area (Å²) in [6, 6.07) is 11.3. The minimum atomic E-state index is -4.55. The van der Waals surface area contributed by atoms with E-state index in [1.54, 1.807) is 0 Å². The molecule has 144 valence electrons. The molecule has 0 saturated carbocycles. The second-order valence-corrected chi connectivity index (χ2v) is 5.81. The maximum atomic E-state index is 13.1. The van der Waals surface area contributed by atoms with Crippen LogP contribution in [0.25, 0.3) is 0 Å². The Morgan fingerprint density at radius 2 is 1.68 bits per heavy atom. The van der Waals surface area contributed by atoms with E-state index >= 15 is 0 Å². The number of aromatic nitrogens is 2. The van der Waals surface area contributed by atoms with E-state index in [4.69, 9.17) is 0 Å². The fraction of sp³-hybridized carbons (Fsp3) is 0.105. The SMILES string of the molecule is Cc1nc(Nc2ccccc2C(F)(F)F)cc(C(=O)Nc2ccc(F)cc2)n1. The smallest absolute Gasteiger partial charge is 0.340 e. The zero-order valence-electron chi connectivity index (χ0n) is 14.5. The number of nitrogens with one attached hydrogen (secondary N) is 2. The Morgan fingerprint density at radius 1 is 1.00 bits per heavy atom. The van der Waals surface area contributed by atoms with Crippen molar-refractivity contribution < 1.29 is 22.4 Å². The summed E-state index contributed by atoms with van der Waals surface area (Å²) in [6.45, 7) is 1.51. The summed E-state index contributed by atoms with van der Waals surface area (Å²) in [5.74, 6) is -0.831. The minimum Gasteiger partial charge on any atom is -0.340 e. The second kappa shape index (κ2) is 7.63. The van der Waals surface area contributed by atoms with Crippen LogP contribution in [-0.4, -0.2) is 15.9 Å². The number of anilines is 3. The van der Waals surface area contributed by atoms with Gasteiger partial charge >= 0.3 is 6.18 Å². The van der Waals surface area contributed by atoms with Crippen molar-refractivity contribution in [3.8, 4) is 0 Å². The van der Waals surface area contributed by atoms with E-state index in [0.717, 1.165) is 6.07 Å². The third-order valence-electron chi connectivity index (χ3n) is 3.67. The van der Waals surface area contributed by atoms with E-state index in [-0.39, 0.29) is 23.0 Å². The quantitative estimate of drug-likeness (QED) is 0.620. The molecule has 0 aliphatic rings. The Bertz CT molecular complexity index is 1000. The molecule has 1 heterocycles. The average molecular weight is 390 g/mol. The monoisotopic (exact) mass is 390 g/mol. The number of carbonyl (C=O) groups is 1. The highest BCUT2D eigenvalue weighted by molar-refractivity contribution is 6.03. The maximum absolute atomic E-state index is 13.1. The number of nitrogens with zero attached hydrogens (tertiary/aromatic N) is 2. The Kier molecular flexibility index (Phi) is 5.25. The molecule has 3 aromatic rings. The number of para-hydroxylation sites is 1. The fourth-order valence-corrected chi connectivity index (χ4v) is 2.45. The third kappa shape index (κ3) is 4.61. The van der Waals surface area contributed by atoms with Gasteiger partial charge in [0.25, 0.3) is 5.91 Å². The molecule has 0 atom stereocenters. The number of aryl methyl sites for hydroxylation is 1. The number of amides is 1. The van der Waals surface area contributed by atoms with E-state index in [1.807, 2.05) is 0 Å². The number of carbonyl (C=O) groups excluding carboxylic acids is 1. The van der Waals surface area contributed by atoms with Gasteiger partial charge in [-0.2, -0.15) is 13.2 Å². The van der Waals surface area contributed by atoms with Crippen molar-refractivity contribution in [1.82, 2.24) is 9.97 Å². The standard InChI is InChI=1S/C19H14F4N4O/c1-11-24-16(18(28)26-13-8-6-12(20)7-9-13)10-17(25-11)27-15-5-3-2-4-14(15)19(21,22)23/h2-10H,1H3,(H,26,28)(H,24,25,27). The van der Waals surface area contributed by atoms with Gasteiger partial charge in [0, 0.05) is 11.8 Å². The van der Waals surface area contributed by atoms with Gasteiger partial charge in [0.05, 0.1) is 11.3 Å². The molecule has 0 unspecified atom stereocenters. The summed E-state index contributed by atoms with van der Waals surface area (Å²) in [5.41, 5.74) is -0.759. The van der Waals surface area contributed by atoms with Gasteiger partial charge in [-0.05, 0) is 43.3 Å². The van der Waals surface area contributed by atoms with Crippen LogP contribution in [0.5, 0.6) is 0 Å². The van der Waals surface area contributed by atoms with Gasteiger partial charge in [0.2, 0.25) is 0 Å². The highest BCUT2D eigenvalue weighted by Gasteiger charge is 2.33. The van der Waals surface area contributed by atoms with Gasteiger partial charge < -0.3 is 10.6 Å². The van der Waals surface area contributed by atoms with Crippen LogP contribution in [0.4, 0.5) is 34.8 Å². The van der Waals surface area contributed by atoms with Crippen molar-refractivity contribution in [2.75, 3.05) is 10.6 Å². The zero-order chi connectivity index (χ0) is 20.3. The first-order chi connectivity index (χ1) is 13.2. The fourth-order valence-electron chi connectivity index (χ4n) is 2.45. The molecule has 28 heavy (non-hydrogen) atoms. The van der Waals surface area contributed by atoms with E-state index in [2.05, 4.69) is 20.6 Å². The van der Waals surface area contributed by atoms with Gasteiger partial charge in [-0.1, -0.05) is 12.1 Å². The molecule has 2 aromatic carbocycles. The van der Waals surface area contributed by atoms with Crippen LogP contribution in [0, 0.1) is 12.7 Å². The van der Waals surface area contributed by atoms with Crippen molar-refractivity contribution >= 4 is 23.1 Å². The van der Waals surface area contributed by atoms with Crippen molar-refractivity contribution in [2.45, 2.75) is 13.1 Å². The van der Waals surface area contributed by atoms with Crippen LogP contribution in [0.1, 0.15) is 21.9 Å². The summed E-state index contributed by atoms with van der Waals surface area (Å²) in [4.78, 5) is 20.4. The van der Waals surface area contributed by atoms with E-state index in [1.165, 1.54) is 55.5 Å². The number of alkyl halides is 3. The van der Waals surface area contributed by atoms with Crippen molar-refractivity contribution in [3.63, 3.8) is 0 Å². The summed E-state index contributed by atoms with van der Waals surface area (Å²) < 4.78 is 52.4. The van der Waals surface area contributed by atoms with Crippen molar-refractivity contribution in [2.24, 2.45) is 0 Å². The lowest BCUT2D eigenvalue weighted by Gasteiger charge is -2.14. The third-order valence-corrected chi connectivity index (χ3v) is 3.67. The number of benzene rings is 2. The molecule has 0 radical (unpaired) electrons. The first-order valence-electron chi connectivity index (χ1n) is 8.08. The van der Waals surface area contributed by atoms with Crippen LogP contribution in [-0.2, 0) is 6.18 Å². The minimum absolute atomic E-state index is 0.0356. The Hall–Kier alpha value is -3.49. The molecular formula is C19H14F4N4O. The van der Waals surface area contributed by atoms with Crippen LogP contribution >= 0.6 is 0 Å². The molecule has 0 fully saturated rings. The van der Waals surface area contributed by atoms with Crippen LogP contribution < -0.4 is 10.6 Å². The van der Waals surface area contributed by atoms with Gasteiger partial charge in [-0.3, -0.25) is 4.79 Å². The predicted molar refractivity (Wildman–Crippen MR) is 95.8 cm³/mol. The summed E-state index contributed by atoms with van der Waals surface area (Å²) in [7, 11) is 0. The highest BCUT2D eigenvalue weighted by atomic mass is 19.4. The molecule has 3 rings (SSSR count). The van der Waals surface area contributed by atoms with Crippen LogP contribution in [0.3, 0.4) is 0 Å². The summed E-state index contributed by atoms with van der Waals surface area (Å²) in [5, 5.41) is 5.12. The van der Waals surface area contributed by atoms with Gasteiger partial charge in [0.1, 0.15) is 23.2 Å². The van der Waals surface area contributed by atoms with E-state index in [0.29, 0.717) is 5.69 Å². The zero-order valence-corrected chi connectivity index (χ0v) is 14.5. The van der Waals surface area contributed by atoms with Crippen molar-refractivity contribution in [1.29, 1.82) is 0 Å². The lowest BCUT2D eigenvalue weighted by atomic mass is 10.1. The Balaban J connectivity index is 1.86. The molecule has 0 aliphatic heterocycles. The largest absolute Gasteiger partial charge is 0.418 e. The van der Waals surface area contributed by atoms with Crippen LogP contribution in [0.15, 0.2) is 54.6 Å². The predicted octanol–water partition coefficient (Wildman–Crippen LogP) is 4.94. The molecule has 0 saturated heterocycles. The lowest BCUT2D eigenvalue weighted by Crippen LogP contribution is -2.16. The summed E-state index contributed by atoms with van der Waals surface area (Å²) in [6.07, 6.45) is -4.55. The lowest BCUT2D eigenvalue weighted by molar-refractivity contribution is -0.136. The Labute approximate surface area is 157 Å². The van der Waals surface area contributed by atoms with Gasteiger partial charge in [-0.25, -0.2) is 14.4 Å². The Morgan fingerprint density at radius 3 is 2.36 bits per heavy atom. The van der Waals surface area contributed by atoms with Gasteiger partial charge in [0.15, 0.2) is 0 Å². The molecule has 1 amide bonds. The van der Waals surface area contributed by atoms with Crippen molar-refractivity contribution in [3.05, 3.63) is 77.5 Å². The number of hydrogen-bond acceptors (Lipinski definition) is 4. The molecule has 2 N–H and O–H groups in total. The maximum Gasteiger partial charge on any atom is 0.418 e. The first kappa shape index (κ1) is 19.3. The number of halogens is 4. The molecule has 5 nitrogen and oxygen atoms in total. The molecule has 0 aliphatic carbocycles. The molecule has 0 spiro atoms. The van der Waals surface area contributed by atoms with E-state index < -0.39 is 23.5 Å². The topological polar surface area (TPSA) is 66.9 Å². The molecular weight excluding hydrogens is 376 g/mol. The van der Waals surface area contributed by atoms with Crippen LogP contribution in [0.2, 0.25) is 0 Å². The molecule has 9 heteroatoms. The summed E-state index contributed by atoms with van der Waals surface area (Å²) >= 11 is 0. The number of rotatable bonds is 4.